The van der Waals surface area contributed by atoms with E-state index < -0.39 is 11.7 Å². The third-order valence-corrected chi connectivity index (χ3v) is 6.15. The molecule has 0 unspecified atom stereocenters. The lowest BCUT2D eigenvalue weighted by atomic mass is 10.1. The van der Waals surface area contributed by atoms with Gasteiger partial charge in [-0.1, -0.05) is 17.4 Å². The Balaban J connectivity index is 1.80. The van der Waals surface area contributed by atoms with Gasteiger partial charge in [-0.15, -0.1) is 0 Å². The van der Waals surface area contributed by atoms with Crippen LogP contribution in [0.15, 0.2) is 24.4 Å². The average molecular weight is 488 g/mol. The number of aromatic nitrogens is 4. The summed E-state index contributed by atoms with van der Waals surface area (Å²) in [6, 6.07) is 4.09. The first-order valence-electron chi connectivity index (χ1n) is 10.8. The predicted molar refractivity (Wildman–Crippen MR) is 127 cm³/mol. The lowest BCUT2D eigenvalue weighted by Gasteiger charge is -2.28. The van der Waals surface area contributed by atoms with E-state index in [1.165, 1.54) is 34.4 Å². The van der Waals surface area contributed by atoms with Crippen molar-refractivity contribution in [2.75, 3.05) is 37.9 Å². The van der Waals surface area contributed by atoms with Crippen molar-refractivity contribution in [1.82, 2.24) is 24.8 Å². The number of nitrogens with zero attached hydrogens (tertiary/aromatic N) is 6. The molecule has 1 amide bonds. The van der Waals surface area contributed by atoms with Crippen LogP contribution >= 0.6 is 11.3 Å². The van der Waals surface area contributed by atoms with Gasteiger partial charge in [-0.25, -0.2) is 9.37 Å². The molecule has 1 saturated heterocycles. The molecule has 1 fully saturated rings. The Morgan fingerprint density at radius 3 is 2.79 bits per heavy atom. The number of anilines is 2. The highest BCUT2D eigenvalue weighted by Gasteiger charge is 2.27. The molecule has 2 N–H and O–H groups in total. The second-order valence-electron chi connectivity index (χ2n) is 8.19. The zero-order chi connectivity index (χ0) is 24.4. The number of carbonyl (C=O) groups excluding carboxylic acids is 1. The number of amides is 1. The zero-order valence-electron chi connectivity index (χ0n) is 19.4. The minimum absolute atomic E-state index is 0.0375. The quantitative estimate of drug-likeness (QED) is 0.578. The van der Waals surface area contributed by atoms with E-state index in [0.717, 1.165) is 6.42 Å². The molecular formula is C22H26FN7O3S. The number of ether oxygens (including phenoxy) is 2. The summed E-state index contributed by atoms with van der Waals surface area (Å²) >= 11 is 1.21. The lowest BCUT2D eigenvalue weighted by Crippen LogP contribution is -2.37. The maximum atomic E-state index is 14.8. The molecule has 1 aliphatic heterocycles. The fourth-order valence-electron chi connectivity index (χ4n) is 3.52. The molecule has 0 aliphatic carbocycles. The zero-order valence-corrected chi connectivity index (χ0v) is 20.2. The van der Waals surface area contributed by atoms with E-state index in [0.29, 0.717) is 29.1 Å². The van der Waals surface area contributed by atoms with Crippen LogP contribution in [0, 0.1) is 5.82 Å². The molecule has 34 heavy (non-hydrogen) atoms. The van der Waals surface area contributed by atoms with Crippen molar-refractivity contribution < 1.29 is 18.7 Å². The standard InChI is InChI=1S/C22H26FN7O3S/c1-12-8-9-32-13(2)11-30(12)21-26-18(16-10-25-20(24)34-16)27-22(28-21)33-17-14(19(31)29(3)4)6-5-7-15(17)23/h5-7,10,12-13H,8-9,11H2,1-4H3,(H2,24,25)/t12-,13-/m0/s1. The van der Waals surface area contributed by atoms with Crippen molar-refractivity contribution in [2.24, 2.45) is 0 Å². The van der Waals surface area contributed by atoms with E-state index in [1.807, 2.05) is 11.8 Å². The van der Waals surface area contributed by atoms with Gasteiger partial charge >= 0.3 is 6.01 Å². The second-order valence-corrected chi connectivity index (χ2v) is 9.26. The number of hydrogen-bond donors (Lipinski definition) is 1. The summed E-state index contributed by atoms with van der Waals surface area (Å²) in [4.78, 5) is 34.1. The van der Waals surface area contributed by atoms with E-state index in [-0.39, 0.29) is 35.3 Å². The van der Waals surface area contributed by atoms with Crippen molar-refractivity contribution in [3.8, 4) is 22.5 Å². The smallest absolute Gasteiger partial charge is 0.327 e. The highest BCUT2D eigenvalue weighted by Crippen LogP contribution is 2.32. The number of halogens is 1. The maximum absolute atomic E-state index is 14.8. The van der Waals surface area contributed by atoms with Gasteiger partial charge in [-0.3, -0.25) is 4.79 Å². The highest BCUT2D eigenvalue weighted by atomic mass is 32.1. The van der Waals surface area contributed by atoms with Gasteiger partial charge in [-0.05, 0) is 32.4 Å². The number of carbonyl (C=O) groups is 1. The molecule has 1 aliphatic rings. The van der Waals surface area contributed by atoms with E-state index in [9.17, 15) is 9.18 Å². The highest BCUT2D eigenvalue weighted by molar-refractivity contribution is 7.18. The summed E-state index contributed by atoms with van der Waals surface area (Å²) in [5.41, 5.74) is 5.86. The number of nitrogens with two attached hydrogens (primary N) is 1. The number of benzene rings is 1. The molecule has 3 heterocycles. The number of thiazole rings is 1. The Labute approximate surface area is 200 Å². The molecule has 0 bridgehead atoms. The lowest BCUT2D eigenvalue weighted by molar-refractivity contribution is 0.0810. The molecule has 180 valence electrons. The van der Waals surface area contributed by atoms with Crippen LogP contribution in [0.2, 0.25) is 0 Å². The summed E-state index contributed by atoms with van der Waals surface area (Å²) in [6.45, 7) is 5.21. The van der Waals surface area contributed by atoms with E-state index in [2.05, 4.69) is 26.9 Å². The van der Waals surface area contributed by atoms with Gasteiger partial charge in [0.15, 0.2) is 22.5 Å². The van der Waals surface area contributed by atoms with Crippen LogP contribution in [0.25, 0.3) is 10.7 Å². The molecular weight excluding hydrogens is 461 g/mol. The van der Waals surface area contributed by atoms with Crippen LogP contribution in [-0.2, 0) is 4.74 Å². The van der Waals surface area contributed by atoms with Crippen LogP contribution in [0.1, 0.15) is 30.6 Å². The number of rotatable bonds is 5. The molecule has 1 aromatic carbocycles. The van der Waals surface area contributed by atoms with Crippen LogP contribution in [0.3, 0.4) is 0 Å². The topological polar surface area (TPSA) is 120 Å². The predicted octanol–water partition coefficient (Wildman–Crippen LogP) is 3.21. The van der Waals surface area contributed by atoms with E-state index in [1.54, 1.807) is 20.3 Å². The van der Waals surface area contributed by atoms with Crippen molar-refractivity contribution in [3.63, 3.8) is 0 Å². The van der Waals surface area contributed by atoms with E-state index >= 15 is 0 Å². The Kier molecular flexibility index (Phi) is 6.89. The summed E-state index contributed by atoms with van der Waals surface area (Å²) in [7, 11) is 3.16. The molecule has 2 aromatic heterocycles. The summed E-state index contributed by atoms with van der Waals surface area (Å²) in [5, 5.41) is 0.359. The molecule has 10 nitrogen and oxygen atoms in total. The Morgan fingerprint density at radius 1 is 1.29 bits per heavy atom. The minimum Gasteiger partial charge on any atom is -0.420 e. The normalized spacial score (nSPS) is 18.4. The van der Waals surface area contributed by atoms with Gasteiger partial charge in [0.1, 0.15) is 0 Å². The van der Waals surface area contributed by atoms with Gasteiger partial charge < -0.3 is 25.0 Å². The fourth-order valence-corrected chi connectivity index (χ4v) is 4.14. The molecule has 12 heteroatoms. The first kappa shape index (κ1) is 23.8. The van der Waals surface area contributed by atoms with Crippen molar-refractivity contribution >= 4 is 28.3 Å². The van der Waals surface area contributed by atoms with E-state index in [4.69, 9.17) is 15.2 Å². The van der Waals surface area contributed by atoms with Crippen LogP contribution < -0.4 is 15.4 Å². The second kappa shape index (κ2) is 9.85. The molecule has 4 rings (SSSR count). The molecule has 0 spiro atoms. The minimum atomic E-state index is -0.705. The first-order valence-corrected chi connectivity index (χ1v) is 11.6. The number of nitrogen functional groups attached to an aromatic ring is 1. The Morgan fingerprint density at radius 2 is 2.09 bits per heavy atom. The SMILES string of the molecule is C[C@H]1CN(c2nc(Oc3c(F)cccc3C(=O)N(C)C)nc(-c3cnc(N)s3)n2)[C@@H](C)CCO1. The summed E-state index contributed by atoms with van der Waals surface area (Å²) in [6.07, 6.45) is 2.30. The maximum Gasteiger partial charge on any atom is 0.327 e. The fraction of sp³-hybridized carbons (Fsp3) is 0.409. The average Bonchev–Trinajstić information content (AvgIpc) is 3.16. The first-order chi connectivity index (χ1) is 16.2. The molecule has 0 saturated carbocycles. The third kappa shape index (κ3) is 5.07. The molecule has 2 atom stereocenters. The van der Waals surface area contributed by atoms with Crippen LogP contribution in [0.4, 0.5) is 15.5 Å². The van der Waals surface area contributed by atoms with Gasteiger partial charge in [0.2, 0.25) is 5.95 Å². The molecule has 0 radical (unpaired) electrons. The van der Waals surface area contributed by atoms with Gasteiger partial charge in [-0.2, -0.15) is 15.0 Å². The van der Waals surface area contributed by atoms with Crippen molar-refractivity contribution in [2.45, 2.75) is 32.4 Å². The van der Waals surface area contributed by atoms with Gasteiger partial charge in [0.25, 0.3) is 5.91 Å². The van der Waals surface area contributed by atoms with Gasteiger partial charge in [0, 0.05) is 33.3 Å². The summed E-state index contributed by atoms with van der Waals surface area (Å²) in [5.74, 6) is -0.729. The Bertz CT molecular complexity index is 1190. The third-order valence-electron chi connectivity index (χ3n) is 5.32. The largest absolute Gasteiger partial charge is 0.420 e. The van der Waals surface area contributed by atoms with Crippen molar-refractivity contribution in [3.05, 3.63) is 35.8 Å². The summed E-state index contributed by atoms with van der Waals surface area (Å²) < 4.78 is 26.4. The van der Waals surface area contributed by atoms with Gasteiger partial charge in [0.05, 0.1) is 22.7 Å². The Hall–Kier alpha value is -3.38. The van der Waals surface area contributed by atoms with Crippen LogP contribution in [0.5, 0.6) is 11.8 Å². The number of hydrogen-bond acceptors (Lipinski definition) is 10. The monoisotopic (exact) mass is 487 g/mol. The van der Waals surface area contributed by atoms with Crippen molar-refractivity contribution in [1.29, 1.82) is 0 Å². The number of para-hydroxylation sites is 1. The van der Waals surface area contributed by atoms with Crippen LogP contribution in [-0.4, -0.2) is 70.1 Å². The molecule has 3 aromatic rings.